The summed E-state index contributed by atoms with van der Waals surface area (Å²) in [6.45, 7) is 6.44. The largest absolute Gasteiger partial charge is 0.462 e. The Morgan fingerprint density at radius 3 is 1.11 bits per heavy atom. The Morgan fingerprint density at radius 2 is 0.709 bits per heavy atom. The van der Waals surface area contributed by atoms with E-state index in [-0.39, 0.29) is 37.5 Å². The van der Waals surface area contributed by atoms with Crippen LogP contribution in [0.5, 0.6) is 0 Å². The molecular formula is C49H86O6. The van der Waals surface area contributed by atoms with Crippen molar-refractivity contribution >= 4 is 17.9 Å². The second-order valence-electron chi connectivity index (χ2n) is 15.4. The van der Waals surface area contributed by atoms with E-state index in [1.54, 1.807) is 0 Å². The summed E-state index contributed by atoms with van der Waals surface area (Å²) in [5, 5.41) is 0. The first-order chi connectivity index (χ1) is 27.0. The zero-order valence-electron chi connectivity index (χ0n) is 36.2. The van der Waals surface area contributed by atoms with Crippen molar-refractivity contribution in [3.63, 3.8) is 0 Å². The number of unbranched alkanes of at least 4 members (excludes halogenated alkanes) is 25. The minimum absolute atomic E-state index is 0.0863. The summed E-state index contributed by atoms with van der Waals surface area (Å²) in [5.41, 5.74) is 0. The summed E-state index contributed by atoms with van der Waals surface area (Å²) in [7, 11) is 0. The van der Waals surface area contributed by atoms with Crippen molar-refractivity contribution in [1.29, 1.82) is 0 Å². The topological polar surface area (TPSA) is 78.9 Å². The van der Waals surface area contributed by atoms with Gasteiger partial charge in [0.25, 0.3) is 0 Å². The van der Waals surface area contributed by atoms with E-state index in [0.717, 1.165) is 70.6 Å². The molecule has 0 aromatic heterocycles. The van der Waals surface area contributed by atoms with Gasteiger partial charge >= 0.3 is 17.9 Å². The van der Waals surface area contributed by atoms with Gasteiger partial charge in [-0.05, 0) is 38.5 Å². The van der Waals surface area contributed by atoms with E-state index in [4.69, 9.17) is 14.2 Å². The van der Waals surface area contributed by atoms with Crippen LogP contribution in [-0.4, -0.2) is 37.2 Å². The number of hydrogen-bond donors (Lipinski definition) is 0. The molecule has 0 aromatic rings. The molecule has 6 heteroatoms. The van der Waals surface area contributed by atoms with Crippen molar-refractivity contribution in [3.05, 3.63) is 48.6 Å². The fraction of sp³-hybridized carbons (Fsp3) is 0.776. The minimum Gasteiger partial charge on any atom is -0.462 e. The lowest BCUT2D eigenvalue weighted by molar-refractivity contribution is -0.167. The van der Waals surface area contributed by atoms with Crippen LogP contribution in [-0.2, 0) is 28.6 Å². The van der Waals surface area contributed by atoms with Gasteiger partial charge < -0.3 is 14.2 Å². The van der Waals surface area contributed by atoms with Gasteiger partial charge in [0.05, 0.1) is 0 Å². The molecule has 0 aliphatic heterocycles. The van der Waals surface area contributed by atoms with Gasteiger partial charge in [0.15, 0.2) is 6.10 Å². The smallest absolute Gasteiger partial charge is 0.306 e. The van der Waals surface area contributed by atoms with Crippen LogP contribution in [0.3, 0.4) is 0 Å². The number of hydrogen-bond acceptors (Lipinski definition) is 6. The molecule has 0 rings (SSSR count). The van der Waals surface area contributed by atoms with Gasteiger partial charge in [0.2, 0.25) is 0 Å². The molecule has 0 N–H and O–H groups in total. The zero-order valence-corrected chi connectivity index (χ0v) is 36.2. The fourth-order valence-corrected chi connectivity index (χ4v) is 6.45. The maximum atomic E-state index is 12.7. The molecule has 0 aromatic carbocycles. The van der Waals surface area contributed by atoms with Crippen LogP contribution in [0.15, 0.2) is 48.6 Å². The van der Waals surface area contributed by atoms with E-state index in [9.17, 15) is 14.4 Å². The molecular weight excluding hydrogens is 685 g/mol. The average molecular weight is 771 g/mol. The molecule has 6 nitrogen and oxygen atoms in total. The SMILES string of the molecule is CC\C=C/C=C\C=C/C=C\CCCCCC(=O)OC(COC(=O)CCCCCCCCCCC)COC(=O)CCCCCCCCCCCCCCCCC. The maximum absolute atomic E-state index is 12.7. The van der Waals surface area contributed by atoms with Crippen LogP contribution in [0.1, 0.15) is 226 Å². The van der Waals surface area contributed by atoms with Crippen LogP contribution in [0.2, 0.25) is 0 Å². The molecule has 0 fully saturated rings. The molecule has 0 aliphatic rings. The minimum atomic E-state index is -0.786. The van der Waals surface area contributed by atoms with Crippen molar-refractivity contribution in [3.8, 4) is 0 Å². The third-order valence-corrected chi connectivity index (χ3v) is 9.94. The van der Waals surface area contributed by atoms with Crippen LogP contribution in [0.4, 0.5) is 0 Å². The molecule has 0 saturated heterocycles. The van der Waals surface area contributed by atoms with Crippen molar-refractivity contribution in [2.24, 2.45) is 0 Å². The second kappa shape index (κ2) is 44.1. The Morgan fingerprint density at radius 1 is 0.382 bits per heavy atom. The molecule has 0 bridgehead atoms. The van der Waals surface area contributed by atoms with Gasteiger partial charge in [-0.15, -0.1) is 0 Å². The Hall–Kier alpha value is -2.63. The van der Waals surface area contributed by atoms with Gasteiger partial charge in [-0.3, -0.25) is 14.4 Å². The van der Waals surface area contributed by atoms with Crippen molar-refractivity contribution in [2.75, 3.05) is 13.2 Å². The molecule has 0 amide bonds. The predicted molar refractivity (Wildman–Crippen MR) is 233 cm³/mol. The molecule has 1 atom stereocenters. The van der Waals surface area contributed by atoms with Gasteiger partial charge in [0.1, 0.15) is 13.2 Å². The zero-order chi connectivity index (χ0) is 40.1. The summed E-state index contributed by atoms with van der Waals surface area (Å²) < 4.78 is 16.7. The highest BCUT2D eigenvalue weighted by Gasteiger charge is 2.19. The van der Waals surface area contributed by atoms with Crippen LogP contribution in [0, 0.1) is 0 Å². The lowest BCUT2D eigenvalue weighted by Crippen LogP contribution is -2.30. The summed E-state index contributed by atoms with van der Waals surface area (Å²) in [6.07, 6.45) is 51.0. The molecule has 0 aliphatic carbocycles. The van der Waals surface area contributed by atoms with Gasteiger partial charge in [0, 0.05) is 19.3 Å². The summed E-state index contributed by atoms with van der Waals surface area (Å²) in [5.74, 6) is -0.926. The summed E-state index contributed by atoms with van der Waals surface area (Å²) >= 11 is 0. The number of rotatable bonds is 41. The summed E-state index contributed by atoms with van der Waals surface area (Å²) in [6, 6.07) is 0. The van der Waals surface area contributed by atoms with Crippen LogP contribution >= 0.6 is 0 Å². The first kappa shape index (κ1) is 52.4. The monoisotopic (exact) mass is 771 g/mol. The van der Waals surface area contributed by atoms with E-state index in [2.05, 4.69) is 32.9 Å². The van der Waals surface area contributed by atoms with Crippen molar-refractivity contribution < 1.29 is 28.6 Å². The fourth-order valence-electron chi connectivity index (χ4n) is 6.45. The molecule has 55 heavy (non-hydrogen) atoms. The lowest BCUT2D eigenvalue weighted by atomic mass is 10.0. The number of ether oxygens (including phenoxy) is 3. The molecule has 0 heterocycles. The highest BCUT2D eigenvalue weighted by Crippen LogP contribution is 2.15. The first-order valence-electron chi connectivity index (χ1n) is 23.2. The van der Waals surface area contributed by atoms with Gasteiger partial charge in [-0.1, -0.05) is 217 Å². The van der Waals surface area contributed by atoms with Crippen LogP contribution in [0.25, 0.3) is 0 Å². The number of allylic oxidation sites excluding steroid dienone is 8. The number of carbonyl (C=O) groups is 3. The Bertz CT molecular complexity index is 980. The third kappa shape index (κ3) is 42.4. The summed E-state index contributed by atoms with van der Waals surface area (Å²) in [4.78, 5) is 37.7. The van der Waals surface area contributed by atoms with E-state index < -0.39 is 6.10 Å². The Labute approximate surface area is 339 Å². The molecule has 0 saturated carbocycles. The highest BCUT2D eigenvalue weighted by molar-refractivity contribution is 5.71. The maximum Gasteiger partial charge on any atom is 0.306 e. The molecule has 0 radical (unpaired) electrons. The highest BCUT2D eigenvalue weighted by atomic mass is 16.6. The number of esters is 3. The van der Waals surface area contributed by atoms with E-state index in [0.29, 0.717) is 12.8 Å². The average Bonchev–Trinajstić information content (AvgIpc) is 3.18. The van der Waals surface area contributed by atoms with Gasteiger partial charge in [-0.2, -0.15) is 0 Å². The van der Waals surface area contributed by atoms with E-state index in [1.807, 2.05) is 36.5 Å². The lowest BCUT2D eigenvalue weighted by Gasteiger charge is -2.18. The third-order valence-electron chi connectivity index (χ3n) is 9.94. The second-order valence-corrected chi connectivity index (χ2v) is 15.4. The molecule has 318 valence electrons. The Kier molecular flexibility index (Phi) is 42.0. The van der Waals surface area contributed by atoms with Crippen molar-refractivity contribution in [1.82, 2.24) is 0 Å². The van der Waals surface area contributed by atoms with Crippen molar-refractivity contribution in [2.45, 2.75) is 232 Å². The molecule has 1 unspecified atom stereocenters. The van der Waals surface area contributed by atoms with Gasteiger partial charge in [-0.25, -0.2) is 0 Å². The molecule has 0 spiro atoms. The van der Waals surface area contributed by atoms with E-state index >= 15 is 0 Å². The van der Waals surface area contributed by atoms with E-state index in [1.165, 1.54) is 116 Å². The quantitative estimate of drug-likeness (QED) is 0.0267. The number of carbonyl (C=O) groups excluding carboxylic acids is 3. The normalized spacial score (nSPS) is 12.4. The Balaban J connectivity index is 4.38. The van der Waals surface area contributed by atoms with Crippen LogP contribution < -0.4 is 0 Å². The predicted octanol–water partition coefficient (Wildman–Crippen LogP) is 14.8. The standard InChI is InChI=1S/C49H86O6/c1-4-7-10-13-16-19-21-23-24-26-27-30-33-36-39-42-48(51)54-45-46(44-53-47(50)41-38-35-32-29-18-15-12-9-6-3)55-49(52)43-40-37-34-31-28-25-22-20-17-14-11-8-5-2/h8,11,14,17,20,22,25,28,46H,4-7,9-10,12-13,15-16,18-19,21,23-24,26-27,29-45H2,1-3H3/b11-8-,17-14-,22-20-,28-25-. The first-order valence-corrected chi connectivity index (χ1v) is 23.2.